The Bertz CT molecular complexity index is 608. The lowest BCUT2D eigenvalue weighted by molar-refractivity contribution is -0.129. The molecule has 0 spiro atoms. The Morgan fingerprint density at radius 1 is 1.50 bits per heavy atom. The molecule has 1 amide bonds. The fourth-order valence-corrected chi connectivity index (χ4v) is 3.16. The maximum atomic E-state index is 13.2. The van der Waals surface area contributed by atoms with Gasteiger partial charge in [-0.05, 0) is 46.5 Å². The summed E-state index contributed by atoms with van der Waals surface area (Å²) in [5, 5.41) is 6.62. The largest absolute Gasteiger partial charge is 0.356 e. The van der Waals surface area contributed by atoms with Crippen LogP contribution in [0.4, 0.5) is 4.39 Å². The van der Waals surface area contributed by atoms with Gasteiger partial charge in [0.15, 0.2) is 5.96 Å². The van der Waals surface area contributed by atoms with Gasteiger partial charge in [-0.1, -0.05) is 13.0 Å². The average Bonchev–Trinajstić information content (AvgIpc) is 3.05. The Morgan fingerprint density at radius 2 is 2.29 bits per heavy atom. The Hall–Kier alpha value is -1.63. The molecule has 2 rings (SSSR count). The second-order valence-corrected chi connectivity index (χ2v) is 6.68. The van der Waals surface area contributed by atoms with Gasteiger partial charge in [0.05, 0.1) is 4.47 Å². The molecule has 0 bridgehead atoms. The first-order valence-corrected chi connectivity index (χ1v) is 9.01. The van der Waals surface area contributed by atoms with Crippen molar-refractivity contribution in [3.8, 4) is 0 Å². The first-order valence-electron chi connectivity index (χ1n) is 8.22. The summed E-state index contributed by atoms with van der Waals surface area (Å²) < 4.78 is 13.7. The van der Waals surface area contributed by atoms with Gasteiger partial charge in [-0.25, -0.2) is 4.39 Å². The highest BCUT2D eigenvalue weighted by Crippen LogP contribution is 2.17. The van der Waals surface area contributed by atoms with Gasteiger partial charge in [-0.15, -0.1) is 0 Å². The van der Waals surface area contributed by atoms with Gasteiger partial charge in [0, 0.05) is 39.1 Å². The van der Waals surface area contributed by atoms with Crippen molar-refractivity contribution in [2.24, 2.45) is 4.99 Å². The van der Waals surface area contributed by atoms with Gasteiger partial charge in [-0.2, -0.15) is 0 Å². The Morgan fingerprint density at radius 3 is 2.96 bits per heavy atom. The number of carbonyl (C=O) groups is 1. The lowest BCUT2D eigenvalue weighted by Gasteiger charge is -2.18. The summed E-state index contributed by atoms with van der Waals surface area (Å²) in [6, 6.07) is 5.26. The van der Waals surface area contributed by atoms with Crippen molar-refractivity contribution in [3.05, 3.63) is 34.1 Å². The van der Waals surface area contributed by atoms with Crippen LogP contribution in [0, 0.1) is 5.82 Å². The van der Waals surface area contributed by atoms with E-state index in [0.29, 0.717) is 17.4 Å². The molecule has 1 heterocycles. The van der Waals surface area contributed by atoms with Gasteiger partial charge in [0.2, 0.25) is 5.91 Å². The van der Waals surface area contributed by atoms with Crippen LogP contribution < -0.4 is 10.6 Å². The highest BCUT2D eigenvalue weighted by atomic mass is 79.9. The highest BCUT2D eigenvalue weighted by molar-refractivity contribution is 9.10. The number of hydrogen-bond acceptors (Lipinski definition) is 2. The van der Waals surface area contributed by atoms with E-state index in [1.165, 1.54) is 6.07 Å². The average molecular weight is 399 g/mol. The zero-order valence-electron chi connectivity index (χ0n) is 14.1. The van der Waals surface area contributed by atoms with Crippen molar-refractivity contribution in [2.45, 2.75) is 32.2 Å². The molecule has 0 aromatic heterocycles. The number of nitrogens with zero attached hydrogens (tertiary/aromatic N) is 2. The summed E-state index contributed by atoms with van der Waals surface area (Å²) in [4.78, 5) is 17.8. The Kier molecular flexibility index (Phi) is 7.02. The van der Waals surface area contributed by atoms with E-state index >= 15 is 0 Å². The first-order chi connectivity index (χ1) is 11.5. The third-order valence-corrected chi connectivity index (χ3v) is 4.71. The minimum atomic E-state index is -0.253. The smallest absolute Gasteiger partial charge is 0.222 e. The lowest BCUT2D eigenvalue weighted by atomic mass is 10.1. The van der Waals surface area contributed by atoms with E-state index in [9.17, 15) is 9.18 Å². The van der Waals surface area contributed by atoms with Crippen LogP contribution in [0.5, 0.6) is 0 Å². The second-order valence-electron chi connectivity index (χ2n) is 5.82. The van der Waals surface area contributed by atoms with Crippen molar-refractivity contribution in [1.29, 1.82) is 0 Å². The lowest BCUT2D eigenvalue weighted by Crippen LogP contribution is -2.45. The van der Waals surface area contributed by atoms with Crippen LogP contribution in [0.25, 0.3) is 0 Å². The molecule has 1 aromatic carbocycles. The molecule has 5 nitrogen and oxygen atoms in total. The SMILES string of the molecule is CCC(=O)N1CCC(NC(=NC)NCCc2ccc(F)c(Br)c2)C1. The number of rotatable bonds is 5. The summed E-state index contributed by atoms with van der Waals surface area (Å²) >= 11 is 3.20. The number of nitrogens with one attached hydrogen (secondary N) is 2. The molecule has 1 aromatic rings. The molecule has 132 valence electrons. The van der Waals surface area contributed by atoms with Crippen LogP contribution in [0.3, 0.4) is 0 Å². The molecule has 0 saturated carbocycles. The van der Waals surface area contributed by atoms with E-state index < -0.39 is 0 Å². The topological polar surface area (TPSA) is 56.7 Å². The zero-order valence-corrected chi connectivity index (χ0v) is 15.7. The van der Waals surface area contributed by atoms with Crippen molar-refractivity contribution in [1.82, 2.24) is 15.5 Å². The fraction of sp³-hybridized carbons (Fsp3) is 0.529. The first kappa shape index (κ1) is 18.7. The monoisotopic (exact) mass is 398 g/mol. The number of benzene rings is 1. The van der Waals surface area contributed by atoms with Crippen LogP contribution in [0.2, 0.25) is 0 Å². The van der Waals surface area contributed by atoms with E-state index in [0.717, 1.165) is 37.5 Å². The number of amides is 1. The Balaban J connectivity index is 1.77. The van der Waals surface area contributed by atoms with Crippen LogP contribution in [-0.4, -0.2) is 49.5 Å². The van der Waals surface area contributed by atoms with Crippen molar-refractivity contribution >= 4 is 27.8 Å². The number of likely N-dealkylation sites (tertiary alicyclic amines) is 1. The van der Waals surface area contributed by atoms with E-state index in [-0.39, 0.29) is 17.8 Å². The predicted molar refractivity (Wildman–Crippen MR) is 97.6 cm³/mol. The molecule has 0 radical (unpaired) electrons. The molecule has 1 unspecified atom stereocenters. The molecule has 1 atom stereocenters. The normalized spacial score (nSPS) is 17.9. The minimum absolute atomic E-state index is 0.198. The molecule has 24 heavy (non-hydrogen) atoms. The van der Waals surface area contributed by atoms with Crippen LogP contribution >= 0.6 is 15.9 Å². The van der Waals surface area contributed by atoms with Crippen molar-refractivity contribution in [3.63, 3.8) is 0 Å². The molecule has 2 N–H and O–H groups in total. The number of aliphatic imine (C=N–C) groups is 1. The third-order valence-electron chi connectivity index (χ3n) is 4.10. The Labute approximate surface area is 150 Å². The van der Waals surface area contributed by atoms with E-state index in [1.54, 1.807) is 19.2 Å². The van der Waals surface area contributed by atoms with Crippen LogP contribution in [0.15, 0.2) is 27.7 Å². The van der Waals surface area contributed by atoms with Gasteiger partial charge in [0.1, 0.15) is 5.82 Å². The number of carbonyl (C=O) groups excluding carboxylic acids is 1. The quantitative estimate of drug-likeness (QED) is 0.590. The summed E-state index contributed by atoms with van der Waals surface area (Å²) in [5.74, 6) is 0.674. The highest BCUT2D eigenvalue weighted by Gasteiger charge is 2.25. The summed E-state index contributed by atoms with van der Waals surface area (Å²) in [7, 11) is 1.73. The molecule has 1 fully saturated rings. The summed E-state index contributed by atoms with van der Waals surface area (Å²) in [6.45, 7) is 4.10. The molecular weight excluding hydrogens is 375 g/mol. The molecule has 7 heteroatoms. The second kappa shape index (κ2) is 9.01. The van der Waals surface area contributed by atoms with Crippen LogP contribution in [0.1, 0.15) is 25.3 Å². The number of halogens is 2. The van der Waals surface area contributed by atoms with Crippen molar-refractivity contribution < 1.29 is 9.18 Å². The van der Waals surface area contributed by atoms with E-state index in [2.05, 4.69) is 31.6 Å². The van der Waals surface area contributed by atoms with Gasteiger partial charge in [-0.3, -0.25) is 9.79 Å². The molecule has 0 aliphatic carbocycles. The summed E-state index contributed by atoms with van der Waals surface area (Å²) in [5.41, 5.74) is 1.05. The molecule has 1 aliphatic rings. The number of guanidine groups is 1. The fourth-order valence-electron chi connectivity index (χ4n) is 2.74. The molecule has 1 aliphatic heterocycles. The van der Waals surface area contributed by atoms with Crippen LogP contribution in [-0.2, 0) is 11.2 Å². The molecular formula is C17H24BrFN4O. The third kappa shape index (κ3) is 5.19. The molecule has 1 saturated heterocycles. The van der Waals surface area contributed by atoms with Crippen molar-refractivity contribution in [2.75, 3.05) is 26.7 Å². The number of hydrogen-bond donors (Lipinski definition) is 2. The maximum absolute atomic E-state index is 13.2. The van der Waals surface area contributed by atoms with E-state index in [4.69, 9.17) is 0 Å². The van der Waals surface area contributed by atoms with Gasteiger partial charge in [0.25, 0.3) is 0 Å². The standard InChI is InChI=1S/C17H24BrFN4O/c1-3-16(24)23-9-7-13(11-23)22-17(20-2)21-8-6-12-4-5-15(19)14(18)10-12/h4-5,10,13H,3,6-9,11H2,1-2H3,(H2,20,21,22). The predicted octanol–water partition coefficient (Wildman–Crippen LogP) is 2.31. The van der Waals surface area contributed by atoms with Gasteiger partial charge >= 0.3 is 0 Å². The van der Waals surface area contributed by atoms with E-state index in [1.807, 2.05) is 11.8 Å². The minimum Gasteiger partial charge on any atom is -0.356 e. The van der Waals surface area contributed by atoms with Gasteiger partial charge < -0.3 is 15.5 Å². The zero-order chi connectivity index (χ0) is 17.5. The summed E-state index contributed by atoms with van der Waals surface area (Å²) in [6.07, 6.45) is 2.25. The maximum Gasteiger partial charge on any atom is 0.222 e.